The highest BCUT2D eigenvalue weighted by atomic mass is 32.2. The first-order valence-corrected chi connectivity index (χ1v) is 8.10. The van der Waals surface area contributed by atoms with Crippen LogP contribution in [0.15, 0.2) is 42.5 Å². The van der Waals surface area contributed by atoms with Gasteiger partial charge < -0.3 is 9.47 Å². The van der Waals surface area contributed by atoms with Gasteiger partial charge >= 0.3 is 0 Å². The maximum atomic E-state index is 14.2. The largest absolute Gasteiger partial charge is 0.497 e. The lowest BCUT2D eigenvalue weighted by Crippen LogP contribution is -2.28. The molecule has 0 unspecified atom stereocenters. The number of methoxy groups -OCH3 is 2. The van der Waals surface area contributed by atoms with Crippen molar-refractivity contribution in [1.82, 2.24) is 0 Å². The normalized spacial score (nSPS) is 17.4. The molecule has 1 fully saturated rings. The van der Waals surface area contributed by atoms with Crippen LogP contribution in [0.25, 0.3) is 0 Å². The smallest absolute Gasteiger partial charge is 0.238 e. The molecule has 6 heteroatoms. The molecular weight excluding hydrogens is 317 g/mol. The first kappa shape index (κ1) is 15.7. The number of amides is 1. The van der Waals surface area contributed by atoms with Gasteiger partial charge in [-0.05, 0) is 18.2 Å². The number of ether oxygens (including phenoxy) is 2. The van der Waals surface area contributed by atoms with Gasteiger partial charge in [0.2, 0.25) is 5.91 Å². The van der Waals surface area contributed by atoms with Crippen LogP contribution in [0.1, 0.15) is 10.9 Å². The molecule has 0 radical (unpaired) electrons. The van der Waals surface area contributed by atoms with Crippen molar-refractivity contribution in [2.45, 2.75) is 5.37 Å². The molecule has 1 aliphatic rings. The number of nitrogens with zero attached hydrogens (tertiary/aromatic N) is 1. The van der Waals surface area contributed by atoms with Crippen molar-refractivity contribution in [1.29, 1.82) is 0 Å². The summed E-state index contributed by atoms with van der Waals surface area (Å²) in [5.41, 5.74) is 1.10. The van der Waals surface area contributed by atoms with Gasteiger partial charge in [-0.2, -0.15) is 0 Å². The first-order valence-electron chi connectivity index (χ1n) is 7.06. The van der Waals surface area contributed by atoms with Crippen LogP contribution in [-0.2, 0) is 4.79 Å². The highest BCUT2D eigenvalue weighted by Crippen LogP contribution is 2.46. The molecular formula is C17H16FNO3S. The first-order chi connectivity index (χ1) is 11.2. The number of anilines is 1. The zero-order valence-corrected chi connectivity index (χ0v) is 13.6. The van der Waals surface area contributed by atoms with Gasteiger partial charge in [0.25, 0.3) is 0 Å². The fraction of sp³-hybridized carbons (Fsp3) is 0.235. The summed E-state index contributed by atoms with van der Waals surface area (Å²) in [4.78, 5) is 14.0. The molecule has 1 aliphatic heterocycles. The van der Waals surface area contributed by atoms with Crippen LogP contribution < -0.4 is 14.4 Å². The average Bonchev–Trinajstić information content (AvgIpc) is 2.96. The molecule has 4 nitrogen and oxygen atoms in total. The van der Waals surface area contributed by atoms with Gasteiger partial charge in [-0.25, -0.2) is 4.39 Å². The Morgan fingerprint density at radius 1 is 1.17 bits per heavy atom. The van der Waals surface area contributed by atoms with Crippen LogP contribution in [0.3, 0.4) is 0 Å². The molecule has 1 heterocycles. The maximum absolute atomic E-state index is 14.2. The predicted molar refractivity (Wildman–Crippen MR) is 88.6 cm³/mol. The Morgan fingerprint density at radius 3 is 2.65 bits per heavy atom. The molecule has 2 aromatic rings. The van der Waals surface area contributed by atoms with E-state index in [1.54, 1.807) is 48.4 Å². The fourth-order valence-corrected chi connectivity index (χ4v) is 3.76. The zero-order chi connectivity index (χ0) is 16.4. The standard InChI is InChI=1S/C17H16FNO3S/c1-21-11-7-8-14(15(9-11)22-2)19-16(20)10-23-17(19)12-5-3-4-6-13(12)18/h3-9,17H,10H2,1-2H3/t17-/m1/s1. The fourth-order valence-electron chi connectivity index (χ4n) is 2.57. The summed E-state index contributed by atoms with van der Waals surface area (Å²) in [6.45, 7) is 0. The number of carbonyl (C=O) groups is 1. The summed E-state index contributed by atoms with van der Waals surface area (Å²) in [6.07, 6.45) is 0. The highest BCUT2D eigenvalue weighted by molar-refractivity contribution is 8.00. The van der Waals surface area contributed by atoms with Gasteiger partial charge in [-0.15, -0.1) is 11.8 Å². The van der Waals surface area contributed by atoms with Gasteiger partial charge in [0.15, 0.2) is 0 Å². The number of thioether (sulfide) groups is 1. The van der Waals surface area contributed by atoms with E-state index in [0.717, 1.165) is 0 Å². The third-order valence-corrected chi connectivity index (χ3v) is 4.88. The minimum absolute atomic E-state index is 0.0771. The number of rotatable bonds is 4. The Labute approximate surface area is 138 Å². The van der Waals surface area contributed by atoms with E-state index < -0.39 is 5.37 Å². The summed E-state index contributed by atoms with van der Waals surface area (Å²) in [5, 5.41) is -0.411. The van der Waals surface area contributed by atoms with Crippen LogP contribution in [0.4, 0.5) is 10.1 Å². The van der Waals surface area contributed by atoms with E-state index in [2.05, 4.69) is 0 Å². The minimum Gasteiger partial charge on any atom is -0.497 e. The van der Waals surface area contributed by atoms with Crippen LogP contribution in [-0.4, -0.2) is 25.9 Å². The number of halogens is 1. The van der Waals surface area contributed by atoms with Crippen LogP contribution >= 0.6 is 11.8 Å². The van der Waals surface area contributed by atoms with Crippen molar-refractivity contribution in [3.63, 3.8) is 0 Å². The van der Waals surface area contributed by atoms with Gasteiger partial charge in [-0.1, -0.05) is 18.2 Å². The van der Waals surface area contributed by atoms with Gasteiger partial charge in [0, 0.05) is 11.6 Å². The number of carbonyl (C=O) groups excluding carboxylic acids is 1. The Morgan fingerprint density at radius 2 is 1.96 bits per heavy atom. The van der Waals surface area contributed by atoms with Crippen LogP contribution in [0.2, 0.25) is 0 Å². The monoisotopic (exact) mass is 333 g/mol. The molecule has 3 rings (SSSR count). The summed E-state index contributed by atoms with van der Waals surface area (Å²) in [6, 6.07) is 11.7. The Hall–Kier alpha value is -2.21. The van der Waals surface area contributed by atoms with Crippen molar-refractivity contribution >= 4 is 23.4 Å². The number of benzene rings is 2. The molecule has 2 aromatic carbocycles. The van der Waals surface area contributed by atoms with Crippen molar-refractivity contribution in [2.24, 2.45) is 0 Å². The SMILES string of the molecule is COc1ccc(N2C(=O)CS[C@@H]2c2ccccc2F)c(OC)c1. The minimum atomic E-state index is -0.411. The molecule has 0 aromatic heterocycles. The van der Waals surface area contributed by atoms with E-state index in [1.807, 2.05) is 0 Å². The molecule has 0 spiro atoms. The van der Waals surface area contributed by atoms with E-state index in [0.29, 0.717) is 28.5 Å². The molecule has 0 bridgehead atoms. The van der Waals surface area contributed by atoms with Crippen molar-refractivity contribution < 1.29 is 18.7 Å². The van der Waals surface area contributed by atoms with Gasteiger partial charge in [-0.3, -0.25) is 9.69 Å². The molecule has 23 heavy (non-hydrogen) atoms. The summed E-state index contributed by atoms with van der Waals surface area (Å²) in [7, 11) is 3.09. The Kier molecular flexibility index (Phi) is 4.43. The van der Waals surface area contributed by atoms with E-state index >= 15 is 0 Å². The molecule has 0 N–H and O–H groups in total. The van der Waals surface area contributed by atoms with E-state index in [1.165, 1.54) is 24.9 Å². The van der Waals surface area contributed by atoms with Gasteiger partial charge in [0.1, 0.15) is 22.7 Å². The van der Waals surface area contributed by atoms with E-state index in [4.69, 9.17) is 9.47 Å². The van der Waals surface area contributed by atoms with E-state index in [9.17, 15) is 9.18 Å². The lowest BCUT2D eigenvalue weighted by molar-refractivity contribution is -0.115. The molecule has 120 valence electrons. The highest BCUT2D eigenvalue weighted by Gasteiger charge is 2.37. The third kappa shape index (κ3) is 2.86. The second kappa shape index (κ2) is 6.50. The average molecular weight is 333 g/mol. The predicted octanol–water partition coefficient (Wildman–Crippen LogP) is 3.62. The van der Waals surface area contributed by atoms with Gasteiger partial charge in [0.05, 0.1) is 25.7 Å². The van der Waals surface area contributed by atoms with Crippen molar-refractivity contribution in [3.8, 4) is 11.5 Å². The zero-order valence-electron chi connectivity index (χ0n) is 12.8. The quantitative estimate of drug-likeness (QED) is 0.857. The van der Waals surface area contributed by atoms with E-state index in [-0.39, 0.29) is 11.7 Å². The van der Waals surface area contributed by atoms with Crippen molar-refractivity contribution in [2.75, 3.05) is 24.9 Å². The summed E-state index contributed by atoms with van der Waals surface area (Å²) >= 11 is 1.40. The summed E-state index contributed by atoms with van der Waals surface area (Å²) < 4.78 is 24.7. The number of hydrogen-bond acceptors (Lipinski definition) is 4. The molecule has 1 amide bonds. The molecule has 0 saturated carbocycles. The Bertz CT molecular complexity index is 738. The van der Waals surface area contributed by atoms with Crippen LogP contribution in [0.5, 0.6) is 11.5 Å². The lowest BCUT2D eigenvalue weighted by Gasteiger charge is -2.26. The second-order valence-electron chi connectivity index (χ2n) is 4.99. The van der Waals surface area contributed by atoms with Crippen LogP contribution in [0, 0.1) is 5.82 Å². The third-order valence-electron chi connectivity index (χ3n) is 3.69. The van der Waals surface area contributed by atoms with Crippen molar-refractivity contribution in [3.05, 3.63) is 53.8 Å². The lowest BCUT2D eigenvalue weighted by atomic mass is 10.1. The topological polar surface area (TPSA) is 38.8 Å². The molecule has 1 saturated heterocycles. The maximum Gasteiger partial charge on any atom is 0.238 e. The molecule has 0 aliphatic carbocycles. The Balaban J connectivity index is 2.06. The second-order valence-corrected chi connectivity index (χ2v) is 6.05. The molecule has 1 atom stereocenters. The summed E-state index contributed by atoms with van der Waals surface area (Å²) in [5.74, 6) is 1.05. The number of hydrogen-bond donors (Lipinski definition) is 0.